The van der Waals surface area contributed by atoms with E-state index in [0.717, 1.165) is 0 Å². The van der Waals surface area contributed by atoms with Gasteiger partial charge in [-0.3, -0.25) is 0 Å². The maximum Gasteiger partial charge on any atom is 0.328 e. The van der Waals surface area contributed by atoms with Gasteiger partial charge in [0.2, 0.25) is 0 Å². The molecule has 0 spiro atoms. The molecule has 9 heteroatoms. The molecule has 0 heterocycles. The molecule has 0 saturated heterocycles. The van der Waals surface area contributed by atoms with Gasteiger partial charge in [-0.25, -0.2) is 0 Å². The molecule has 0 N–H and O–H groups in total. The molecule has 0 rings (SSSR count). The first-order valence-electron chi connectivity index (χ1n) is 2.58. The number of hydrogen-bond donors (Lipinski definition) is 0. The molecule has 5 nitrogen and oxygen atoms in total. The van der Waals surface area contributed by atoms with Crippen molar-refractivity contribution in [2.24, 2.45) is 0 Å². The Balaban J connectivity index is 4.10. The summed E-state index contributed by atoms with van der Waals surface area (Å²) in [7, 11) is -9.65. The van der Waals surface area contributed by atoms with Gasteiger partial charge < -0.3 is 4.74 Å². The van der Waals surface area contributed by atoms with Crippen molar-refractivity contribution in [2.75, 3.05) is 0 Å². The first kappa shape index (κ1) is 12.0. The van der Waals surface area contributed by atoms with Crippen molar-refractivity contribution >= 4 is 20.4 Å². The summed E-state index contributed by atoms with van der Waals surface area (Å²) in [6.45, 7) is 0. The highest BCUT2D eigenvalue weighted by Gasteiger charge is 1.99. The van der Waals surface area contributed by atoms with Gasteiger partial charge in [-0.1, -0.05) is 0 Å². The lowest BCUT2D eigenvalue weighted by atomic mass is 11.1. The normalized spacial score (nSPS) is 14.0. The van der Waals surface area contributed by atoms with Crippen LogP contribution in [0.25, 0.3) is 0 Å². The minimum atomic E-state index is -4.82. The first-order valence-corrected chi connectivity index (χ1v) is 5.48. The van der Waals surface area contributed by atoms with Gasteiger partial charge in [0.25, 0.3) is 0 Å². The van der Waals surface area contributed by atoms with Crippen LogP contribution in [-0.4, -0.2) is 16.8 Å². The summed E-state index contributed by atoms with van der Waals surface area (Å²) in [6.07, 6.45) is 0.689. The van der Waals surface area contributed by atoms with Crippen molar-refractivity contribution in [3.8, 4) is 0 Å². The Labute approximate surface area is 73.7 Å². The molecule has 0 aliphatic heterocycles. The van der Waals surface area contributed by atoms with Gasteiger partial charge in [-0.2, -0.15) is 16.8 Å². The predicted molar refractivity (Wildman–Crippen MR) is 39.4 cm³/mol. The van der Waals surface area contributed by atoms with Crippen LogP contribution in [0.2, 0.25) is 0 Å². The van der Waals surface area contributed by atoms with Crippen molar-refractivity contribution in [1.82, 2.24) is 0 Å². The summed E-state index contributed by atoms with van der Waals surface area (Å²) in [6, 6.07) is 0. The molecule has 0 bridgehead atoms. The maximum absolute atomic E-state index is 11.6. The summed E-state index contributed by atoms with van der Waals surface area (Å²) >= 11 is 0. The minimum Gasteiger partial charge on any atom is -0.471 e. The number of ether oxygens (including phenoxy) is 1. The summed E-state index contributed by atoms with van der Waals surface area (Å²) in [5.74, 6) is 0. The Bertz CT molecular complexity index is 364. The molecule has 0 aliphatic rings. The van der Waals surface area contributed by atoms with Crippen LogP contribution >= 0.6 is 0 Å². The van der Waals surface area contributed by atoms with Crippen LogP contribution in [0.5, 0.6) is 0 Å². The first-order chi connectivity index (χ1) is 5.71. The van der Waals surface area contributed by atoms with Crippen molar-refractivity contribution in [1.29, 1.82) is 0 Å². The molecule has 0 fully saturated rings. The van der Waals surface area contributed by atoms with E-state index in [-0.39, 0.29) is 10.8 Å². The van der Waals surface area contributed by atoms with E-state index in [1.54, 1.807) is 0 Å². The van der Waals surface area contributed by atoms with Crippen LogP contribution in [0, 0.1) is 0 Å². The van der Waals surface area contributed by atoms with Gasteiger partial charge in [0.05, 0.1) is 10.8 Å². The molecule has 0 unspecified atom stereocenters. The second kappa shape index (κ2) is 4.33. The molecule has 0 radical (unpaired) electrons. The van der Waals surface area contributed by atoms with Gasteiger partial charge >= 0.3 is 20.4 Å². The second-order valence-corrected chi connectivity index (χ2v) is 4.08. The smallest absolute Gasteiger partial charge is 0.328 e. The van der Waals surface area contributed by atoms with E-state index in [9.17, 15) is 24.6 Å². The van der Waals surface area contributed by atoms with Gasteiger partial charge in [0.15, 0.2) is 0 Å². The van der Waals surface area contributed by atoms with E-state index in [2.05, 4.69) is 4.74 Å². The standard InChI is InChI=1S/C4H4F2O5S2/c5-12(7,8)3-1-11-2-4-13(6,9)10/h1-4H. The lowest BCUT2D eigenvalue weighted by Gasteiger charge is -1.85. The summed E-state index contributed by atoms with van der Waals surface area (Å²) in [5.41, 5.74) is 0. The molecule has 0 saturated carbocycles. The molecule has 76 valence electrons. The van der Waals surface area contributed by atoms with Crippen LogP contribution in [0.4, 0.5) is 7.77 Å². The fourth-order valence-corrected chi connectivity index (χ4v) is 0.636. The summed E-state index contributed by atoms with van der Waals surface area (Å²) in [4.78, 5) is 0. The van der Waals surface area contributed by atoms with Crippen molar-refractivity contribution in [3.63, 3.8) is 0 Å². The molecular weight excluding hydrogens is 230 g/mol. The second-order valence-electron chi connectivity index (χ2n) is 1.63. The quantitative estimate of drug-likeness (QED) is 0.524. The number of rotatable bonds is 4. The van der Waals surface area contributed by atoms with Crippen LogP contribution < -0.4 is 0 Å². The molecule has 0 aliphatic carbocycles. The molecule has 13 heavy (non-hydrogen) atoms. The van der Waals surface area contributed by atoms with E-state index >= 15 is 0 Å². The van der Waals surface area contributed by atoms with Crippen molar-refractivity contribution in [2.45, 2.75) is 0 Å². The van der Waals surface area contributed by atoms with Crippen molar-refractivity contribution < 1.29 is 29.3 Å². The van der Waals surface area contributed by atoms with Crippen LogP contribution in [0.3, 0.4) is 0 Å². The van der Waals surface area contributed by atoms with Crippen LogP contribution in [0.15, 0.2) is 23.3 Å². The average molecular weight is 234 g/mol. The zero-order valence-corrected chi connectivity index (χ0v) is 7.56. The lowest BCUT2D eigenvalue weighted by Crippen LogP contribution is -1.83. The van der Waals surface area contributed by atoms with Gasteiger partial charge in [-0.15, -0.1) is 7.77 Å². The molecule has 0 aromatic rings. The van der Waals surface area contributed by atoms with E-state index in [0.29, 0.717) is 12.5 Å². The fraction of sp³-hybridized carbons (Fsp3) is 0. The molecule has 0 atom stereocenters. The third kappa shape index (κ3) is 11.0. The highest BCUT2D eigenvalue weighted by Crippen LogP contribution is 1.96. The highest BCUT2D eigenvalue weighted by molar-refractivity contribution is 7.89. The van der Waals surface area contributed by atoms with Crippen molar-refractivity contribution in [3.05, 3.63) is 23.3 Å². The Morgan fingerprint density at radius 1 is 0.846 bits per heavy atom. The number of hydrogen-bond acceptors (Lipinski definition) is 5. The van der Waals surface area contributed by atoms with E-state index in [1.165, 1.54) is 0 Å². The monoisotopic (exact) mass is 234 g/mol. The molecule has 0 amide bonds. The van der Waals surface area contributed by atoms with Gasteiger partial charge in [0, 0.05) is 0 Å². The van der Waals surface area contributed by atoms with Gasteiger partial charge in [-0.05, 0) is 0 Å². The van der Waals surface area contributed by atoms with Gasteiger partial charge in [0.1, 0.15) is 12.5 Å². The maximum atomic E-state index is 11.6. The van der Waals surface area contributed by atoms with E-state index in [1.807, 2.05) is 0 Å². The van der Waals surface area contributed by atoms with E-state index in [4.69, 9.17) is 0 Å². The van der Waals surface area contributed by atoms with E-state index < -0.39 is 20.4 Å². The molecule has 0 aromatic carbocycles. The van der Waals surface area contributed by atoms with Crippen LogP contribution in [-0.2, 0) is 25.2 Å². The highest BCUT2D eigenvalue weighted by atomic mass is 32.3. The zero-order valence-electron chi connectivity index (χ0n) is 5.92. The minimum absolute atomic E-state index is 0.0300. The SMILES string of the molecule is O=S(=O)(F)C=COC=CS(=O)(=O)F. The Morgan fingerprint density at radius 2 is 1.15 bits per heavy atom. The number of halogens is 2. The fourth-order valence-electron chi connectivity index (χ4n) is 0.242. The Hall–Kier alpha value is -0.960. The third-order valence-corrected chi connectivity index (χ3v) is 1.47. The largest absolute Gasteiger partial charge is 0.471 e. The molecule has 0 aromatic heterocycles. The lowest BCUT2D eigenvalue weighted by molar-refractivity contribution is 0.403. The topological polar surface area (TPSA) is 77.5 Å². The predicted octanol–water partition coefficient (Wildman–Crippen LogP) is 0.544. The Kier molecular flexibility index (Phi) is 4.01. The third-order valence-electron chi connectivity index (χ3n) is 0.593. The zero-order chi connectivity index (χ0) is 10.5. The Morgan fingerprint density at radius 3 is 1.38 bits per heavy atom. The summed E-state index contributed by atoms with van der Waals surface area (Å²) < 4.78 is 66.2. The van der Waals surface area contributed by atoms with Crippen LogP contribution in [0.1, 0.15) is 0 Å². The summed E-state index contributed by atoms with van der Waals surface area (Å²) in [5, 5.41) is 0.0599. The average Bonchev–Trinajstić information content (AvgIpc) is 1.81. The molecular formula is C4H4F2O5S2.